The zero-order chi connectivity index (χ0) is 19.4. The van der Waals surface area contributed by atoms with E-state index in [0.717, 1.165) is 0 Å². The molecule has 0 saturated carbocycles. The van der Waals surface area contributed by atoms with Crippen molar-refractivity contribution in [3.8, 4) is 0 Å². The number of nitrogens with zero attached hydrogens (tertiary/aromatic N) is 1. The van der Waals surface area contributed by atoms with Crippen LogP contribution in [0.2, 0.25) is 5.02 Å². The van der Waals surface area contributed by atoms with Crippen LogP contribution in [0.1, 0.15) is 23.7 Å². The number of carboxylic acid groups (broad SMARTS) is 1. The average molecular weight is 387 g/mol. The highest BCUT2D eigenvalue weighted by atomic mass is 35.5. The summed E-state index contributed by atoms with van der Waals surface area (Å²) in [4.78, 5) is 39.7. The summed E-state index contributed by atoms with van der Waals surface area (Å²) < 4.78 is 5.45. The second kappa shape index (κ2) is 8.52. The minimum absolute atomic E-state index is 0.00356. The predicted molar refractivity (Wildman–Crippen MR) is 96.4 cm³/mol. The van der Waals surface area contributed by atoms with Crippen LogP contribution in [-0.4, -0.2) is 65.8 Å². The maximum atomic E-state index is 12.4. The van der Waals surface area contributed by atoms with E-state index in [-0.39, 0.29) is 28.5 Å². The van der Waals surface area contributed by atoms with Gasteiger partial charge in [-0.2, -0.15) is 0 Å². The summed E-state index contributed by atoms with van der Waals surface area (Å²) in [6.07, 6.45) is 0.244. The number of carboxylic acids is 1. The Balaban J connectivity index is 2.03. The summed E-state index contributed by atoms with van der Waals surface area (Å²) >= 11 is 5.87. The molecule has 2 heterocycles. The van der Waals surface area contributed by atoms with Gasteiger partial charge in [-0.1, -0.05) is 18.5 Å². The first-order chi connectivity index (χ1) is 12.2. The molecule has 3 atom stereocenters. The van der Waals surface area contributed by atoms with Gasteiger partial charge >= 0.3 is 5.97 Å². The van der Waals surface area contributed by atoms with E-state index in [1.165, 1.54) is 13.2 Å². The number of likely N-dealkylation sites (tertiary alicyclic amines) is 1. The van der Waals surface area contributed by atoms with Gasteiger partial charge in [-0.15, -0.1) is 0 Å². The lowest BCUT2D eigenvalue weighted by Crippen LogP contribution is -2.56. The first kappa shape index (κ1) is 20.2. The van der Waals surface area contributed by atoms with Crippen molar-refractivity contribution in [3.63, 3.8) is 0 Å². The number of halogens is 1. The number of aromatic nitrogens is 1. The topological polar surface area (TPSA) is 138 Å². The molecule has 0 aliphatic carbocycles. The summed E-state index contributed by atoms with van der Waals surface area (Å²) in [6, 6.07) is 0.927. The van der Waals surface area contributed by atoms with Gasteiger partial charge in [0.25, 0.3) is 11.5 Å². The van der Waals surface area contributed by atoms with Gasteiger partial charge in [0.05, 0.1) is 23.1 Å². The number of nitrogen functional groups attached to an aromatic ring is 1. The Hall–Kier alpha value is -2.10. The number of ether oxygens (including phenoxy) is 1. The van der Waals surface area contributed by atoms with Crippen molar-refractivity contribution in [1.82, 2.24) is 15.2 Å². The van der Waals surface area contributed by atoms with Gasteiger partial charge in [0.2, 0.25) is 0 Å². The zero-order valence-corrected chi connectivity index (χ0v) is 15.4. The Labute approximate surface area is 155 Å². The molecule has 0 radical (unpaired) electrons. The molecular weight excluding hydrogens is 364 g/mol. The van der Waals surface area contributed by atoms with Gasteiger partial charge in [-0.05, 0) is 12.5 Å². The van der Waals surface area contributed by atoms with Crippen molar-refractivity contribution < 1.29 is 19.4 Å². The molecule has 1 amide bonds. The zero-order valence-electron chi connectivity index (χ0n) is 14.6. The molecule has 1 aliphatic heterocycles. The second-order valence-corrected chi connectivity index (χ2v) is 6.82. The van der Waals surface area contributed by atoms with Crippen molar-refractivity contribution in [2.75, 3.05) is 32.5 Å². The average Bonchev–Trinajstić information content (AvgIpc) is 2.59. The van der Waals surface area contributed by atoms with E-state index in [2.05, 4.69) is 10.3 Å². The quantitative estimate of drug-likeness (QED) is 0.546. The Kier molecular flexibility index (Phi) is 6.63. The largest absolute Gasteiger partial charge is 0.481 e. The van der Waals surface area contributed by atoms with E-state index in [4.69, 9.17) is 27.2 Å². The van der Waals surface area contributed by atoms with Crippen molar-refractivity contribution in [2.24, 2.45) is 5.92 Å². The number of amides is 1. The van der Waals surface area contributed by atoms with Crippen LogP contribution in [0.3, 0.4) is 0 Å². The third-order valence-corrected chi connectivity index (χ3v) is 4.79. The molecule has 1 saturated heterocycles. The number of methoxy groups -OCH3 is 1. The van der Waals surface area contributed by atoms with Crippen molar-refractivity contribution in [2.45, 2.75) is 25.5 Å². The fraction of sp³-hybridized carbons (Fsp3) is 0.562. The fourth-order valence-electron chi connectivity index (χ4n) is 2.95. The van der Waals surface area contributed by atoms with Gasteiger partial charge in [0.1, 0.15) is 11.4 Å². The summed E-state index contributed by atoms with van der Waals surface area (Å²) in [5.41, 5.74) is 4.76. The summed E-state index contributed by atoms with van der Waals surface area (Å²) in [7, 11) is 1.53. The molecule has 1 aromatic heterocycles. The fourth-order valence-corrected chi connectivity index (χ4v) is 3.11. The highest BCUT2D eigenvalue weighted by Gasteiger charge is 2.32. The van der Waals surface area contributed by atoms with Crippen LogP contribution < -0.4 is 16.6 Å². The van der Waals surface area contributed by atoms with Crippen LogP contribution in [0.5, 0.6) is 0 Å². The lowest BCUT2D eigenvalue weighted by molar-refractivity contribution is -0.142. The molecule has 1 aliphatic rings. The van der Waals surface area contributed by atoms with Crippen molar-refractivity contribution in [1.29, 1.82) is 0 Å². The van der Waals surface area contributed by atoms with Crippen molar-refractivity contribution >= 4 is 29.3 Å². The number of carbonyl (C=O) groups excluding carboxylic acids is 1. The minimum atomic E-state index is -0.853. The van der Waals surface area contributed by atoms with Crippen LogP contribution in [0.15, 0.2) is 10.9 Å². The van der Waals surface area contributed by atoms with E-state index in [1.807, 2.05) is 4.90 Å². The molecule has 10 heteroatoms. The van der Waals surface area contributed by atoms with E-state index < -0.39 is 23.4 Å². The van der Waals surface area contributed by atoms with Crippen molar-refractivity contribution in [3.05, 3.63) is 27.0 Å². The first-order valence-electron chi connectivity index (χ1n) is 8.20. The number of carbonyl (C=O) groups is 2. The van der Waals surface area contributed by atoms with Gasteiger partial charge in [0, 0.05) is 26.7 Å². The Bertz CT molecular complexity index is 738. The minimum Gasteiger partial charge on any atom is -0.481 e. The molecule has 1 fully saturated rings. The summed E-state index contributed by atoms with van der Waals surface area (Å²) in [5.74, 6) is -1.90. The van der Waals surface area contributed by atoms with Gasteiger partial charge < -0.3 is 25.9 Å². The lowest BCUT2D eigenvalue weighted by Gasteiger charge is -2.38. The summed E-state index contributed by atoms with van der Waals surface area (Å²) in [5, 5.41) is 11.9. The number of aromatic amines is 1. The predicted octanol–water partition coefficient (Wildman–Crippen LogP) is 0.150. The highest BCUT2D eigenvalue weighted by molar-refractivity contribution is 6.33. The maximum absolute atomic E-state index is 12.4. The lowest BCUT2D eigenvalue weighted by atomic mass is 9.99. The number of anilines is 1. The van der Waals surface area contributed by atoms with Gasteiger partial charge in [0.15, 0.2) is 0 Å². The molecular formula is C16H23ClN4O5. The number of piperidine rings is 1. The van der Waals surface area contributed by atoms with Crippen LogP contribution in [-0.2, 0) is 9.53 Å². The third-order valence-electron chi connectivity index (χ3n) is 4.48. The van der Waals surface area contributed by atoms with E-state index in [9.17, 15) is 14.4 Å². The van der Waals surface area contributed by atoms with Gasteiger partial charge in [-0.25, -0.2) is 0 Å². The number of nitrogens with one attached hydrogen (secondary N) is 2. The highest BCUT2D eigenvalue weighted by Crippen LogP contribution is 2.17. The molecule has 26 heavy (non-hydrogen) atoms. The Morgan fingerprint density at radius 2 is 2.27 bits per heavy atom. The molecule has 0 bridgehead atoms. The molecule has 9 nitrogen and oxygen atoms in total. The Morgan fingerprint density at radius 3 is 2.88 bits per heavy atom. The standard InChI is InChI=1S/C16H23ClN4O5/c1-8(16(24)25)6-21-4-3-11(12(7-21)26-2)19-14(22)9-5-10(17)13(18)20-15(9)23/h5,8,11-12H,3-4,6-7H2,1-2H3,(H,19,22)(H,24,25)(H3,18,20,23)/t8-,11+,12-/m1/s1. The van der Waals surface area contributed by atoms with Crippen LogP contribution in [0.25, 0.3) is 0 Å². The van der Waals surface area contributed by atoms with E-state index >= 15 is 0 Å². The Morgan fingerprint density at radius 1 is 1.58 bits per heavy atom. The van der Waals surface area contributed by atoms with E-state index in [0.29, 0.717) is 26.1 Å². The van der Waals surface area contributed by atoms with Crippen LogP contribution >= 0.6 is 11.6 Å². The number of aliphatic carboxylic acids is 1. The number of hydrogen-bond donors (Lipinski definition) is 4. The molecule has 0 aromatic carbocycles. The normalized spacial score (nSPS) is 22.0. The van der Waals surface area contributed by atoms with E-state index in [1.54, 1.807) is 6.92 Å². The van der Waals surface area contributed by atoms with Crippen LogP contribution in [0.4, 0.5) is 5.82 Å². The maximum Gasteiger partial charge on any atom is 0.307 e. The van der Waals surface area contributed by atoms with Gasteiger partial charge in [-0.3, -0.25) is 19.3 Å². The third kappa shape index (κ3) is 4.75. The second-order valence-electron chi connectivity index (χ2n) is 6.42. The molecule has 2 rings (SSSR count). The number of H-pyrrole nitrogens is 1. The molecule has 0 unspecified atom stereocenters. The number of rotatable bonds is 6. The summed E-state index contributed by atoms with van der Waals surface area (Å²) in [6.45, 7) is 3.15. The van der Waals surface area contributed by atoms with Crippen LogP contribution in [0, 0.1) is 5.92 Å². The molecule has 1 aromatic rings. The number of nitrogens with two attached hydrogens (primary N) is 1. The molecule has 0 spiro atoms. The number of pyridine rings is 1. The first-order valence-corrected chi connectivity index (χ1v) is 8.57. The smallest absolute Gasteiger partial charge is 0.307 e. The monoisotopic (exact) mass is 386 g/mol. The molecule has 144 valence electrons. The SMILES string of the molecule is CO[C@@H]1CN(C[C@@H](C)C(=O)O)CC[C@@H]1NC(=O)c1cc(Cl)c(N)[nH]c1=O. The number of hydrogen-bond acceptors (Lipinski definition) is 6. The molecule has 5 N–H and O–H groups in total.